The van der Waals surface area contributed by atoms with Gasteiger partial charge < -0.3 is 10.0 Å². The summed E-state index contributed by atoms with van der Waals surface area (Å²) >= 11 is 0. The van der Waals surface area contributed by atoms with Gasteiger partial charge in [-0.2, -0.15) is 5.11 Å². The number of rotatable bonds is 7. The van der Waals surface area contributed by atoms with Gasteiger partial charge in [0.05, 0.1) is 7.11 Å². The van der Waals surface area contributed by atoms with E-state index in [1.165, 1.54) is 7.11 Å². The van der Waals surface area contributed by atoms with Crippen LogP contribution in [0.3, 0.4) is 0 Å². The number of hydrogen-bond donors (Lipinski definition) is 2. The van der Waals surface area contributed by atoms with Crippen molar-refractivity contribution in [1.29, 1.82) is 5.53 Å². The highest BCUT2D eigenvalue weighted by atomic mass is 17.1. The summed E-state index contributed by atoms with van der Waals surface area (Å²) in [6.07, 6.45) is 0. The Labute approximate surface area is 134 Å². The van der Waals surface area contributed by atoms with E-state index in [1.807, 2.05) is 31.2 Å². The first-order valence-electron chi connectivity index (χ1n) is 7.00. The van der Waals surface area contributed by atoms with Crippen LogP contribution in [0.2, 0.25) is 0 Å². The third-order valence-electron chi connectivity index (χ3n) is 3.60. The molecule has 7 heteroatoms. The Kier molecular flexibility index (Phi) is 5.41. The Balaban J connectivity index is 2.37. The van der Waals surface area contributed by atoms with Gasteiger partial charge in [-0.05, 0) is 26.1 Å². The molecule has 0 radical (unpaired) electrons. The molecule has 0 aromatic heterocycles. The van der Waals surface area contributed by atoms with Crippen molar-refractivity contribution in [3.05, 3.63) is 70.4 Å². The van der Waals surface area contributed by atoms with Gasteiger partial charge >= 0.3 is 0 Å². The Morgan fingerprint density at radius 2 is 1.61 bits per heavy atom. The molecule has 1 unspecified atom stereocenters. The van der Waals surface area contributed by atoms with Crippen LogP contribution in [0.5, 0.6) is 5.75 Å². The quantitative estimate of drug-likeness (QED) is 0.605. The predicted octanol–water partition coefficient (Wildman–Crippen LogP) is 3.10. The molecule has 0 saturated carbocycles. The molecule has 0 heterocycles. The smallest absolute Gasteiger partial charge is 0.182 e. The molecule has 7 nitrogen and oxygen atoms in total. The summed E-state index contributed by atoms with van der Waals surface area (Å²) in [5, 5.41) is 18.0. The van der Waals surface area contributed by atoms with Crippen LogP contribution in [-0.4, -0.2) is 19.5 Å². The maximum atomic E-state index is 11.0. The monoisotopic (exact) mass is 315 g/mol. The van der Waals surface area contributed by atoms with Gasteiger partial charge in [-0.15, -0.1) is 0 Å². The van der Waals surface area contributed by atoms with E-state index in [0.29, 0.717) is 5.75 Å². The minimum absolute atomic E-state index is 0.00909. The topological polar surface area (TPSA) is 93.0 Å². The van der Waals surface area contributed by atoms with Crippen molar-refractivity contribution < 1.29 is 9.68 Å². The minimum atomic E-state index is -0.995. The fourth-order valence-corrected chi connectivity index (χ4v) is 2.32. The van der Waals surface area contributed by atoms with E-state index in [2.05, 4.69) is 15.3 Å². The molecular weight excluding hydrogens is 296 g/mol. The first kappa shape index (κ1) is 17.0. The molecule has 0 bridgehead atoms. The molecule has 2 aromatic carbocycles. The van der Waals surface area contributed by atoms with Crippen LogP contribution >= 0.6 is 0 Å². The van der Waals surface area contributed by atoms with Crippen LogP contribution in [0.25, 0.3) is 0 Å². The molecule has 0 aliphatic carbocycles. The highest BCUT2D eigenvalue weighted by Crippen LogP contribution is 2.32. The molecule has 0 aliphatic heterocycles. The van der Waals surface area contributed by atoms with Gasteiger partial charge in [0.25, 0.3) is 0 Å². The zero-order valence-electron chi connectivity index (χ0n) is 13.2. The van der Waals surface area contributed by atoms with E-state index in [4.69, 9.17) is 10.4 Å². The second-order valence-electron chi connectivity index (χ2n) is 4.96. The first-order chi connectivity index (χ1) is 11.1. The molecule has 0 spiro atoms. The van der Waals surface area contributed by atoms with E-state index in [9.17, 15) is 5.21 Å². The number of nitrogens with zero attached hydrogens (tertiary/aromatic N) is 2. The van der Waals surface area contributed by atoms with Gasteiger partial charge in [0.1, 0.15) is 5.75 Å². The van der Waals surface area contributed by atoms with Crippen molar-refractivity contribution in [2.75, 3.05) is 14.2 Å². The van der Waals surface area contributed by atoms with Gasteiger partial charge in [0.2, 0.25) is 0 Å². The van der Waals surface area contributed by atoms with Crippen molar-refractivity contribution in [2.45, 2.75) is 12.6 Å². The molecule has 2 N–H and O–H groups in total. The van der Waals surface area contributed by atoms with Gasteiger partial charge in [0.15, 0.2) is 5.66 Å². The van der Waals surface area contributed by atoms with Gasteiger partial charge in [-0.25, -0.2) is 5.53 Å². The van der Waals surface area contributed by atoms with Gasteiger partial charge in [0, 0.05) is 11.1 Å². The van der Waals surface area contributed by atoms with Crippen molar-refractivity contribution in [3.8, 4) is 5.75 Å². The highest BCUT2D eigenvalue weighted by Gasteiger charge is 2.32. The van der Waals surface area contributed by atoms with Crippen LogP contribution in [0.4, 0.5) is 0 Å². The van der Waals surface area contributed by atoms with Crippen LogP contribution < -0.4 is 10.2 Å². The Bertz CT molecular complexity index is 645. The summed E-state index contributed by atoms with van der Waals surface area (Å²) in [7, 11) is 2.95. The molecule has 0 saturated heterocycles. The van der Waals surface area contributed by atoms with E-state index in [0.717, 1.165) is 16.7 Å². The minimum Gasteiger partial charge on any atom is -0.728 e. The maximum Gasteiger partial charge on any atom is 0.182 e. The molecular formula is C16H19N4O3-. The van der Waals surface area contributed by atoms with E-state index < -0.39 is 5.66 Å². The second-order valence-corrected chi connectivity index (χ2v) is 4.96. The number of nitrogens with one attached hydrogen (secondary N) is 2. The fraction of sp³-hybridized carbons (Fsp3) is 0.250. The predicted molar refractivity (Wildman–Crippen MR) is 85.5 cm³/mol. The summed E-state index contributed by atoms with van der Waals surface area (Å²) < 4.78 is 0. The lowest BCUT2D eigenvalue weighted by Gasteiger charge is -2.29. The highest BCUT2D eigenvalue weighted by molar-refractivity contribution is 5.40. The molecule has 122 valence electrons. The summed E-state index contributed by atoms with van der Waals surface area (Å²) in [6.45, 7) is 2.00. The van der Waals surface area contributed by atoms with Crippen LogP contribution in [0.15, 0.2) is 53.6 Å². The summed E-state index contributed by atoms with van der Waals surface area (Å²) in [6, 6.07) is 14.5. The average molecular weight is 315 g/mol. The average Bonchev–Trinajstić information content (AvgIpc) is 2.59. The van der Waals surface area contributed by atoms with Gasteiger partial charge in [-0.1, -0.05) is 47.4 Å². The van der Waals surface area contributed by atoms with Crippen molar-refractivity contribution in [2.24, 2.45) is 5.11 Å². The molecule has 1 atom stereocenters. The Morgan fingerprint density at radius 1 is 1.09 bits per heavy atom. The van der Waals surface area contributed by atoms with E-state index in [1.54, 1.807) is 31.3 Å². The van der Waals surface area contributed by atoms with Crippen molar-refractivity contribution in [1.82, 2.24) is 10.7 Å². The molecule has 2 aromatic rings. The Morgan fingerprint density at radius 3 is 2.04 bits per heavy atom. The molecule has 0 aliphatic rings. The molecule has 0 fully saturated rings. The SMILES string of the molecule is CNC(N=N)(c1ccc(C)cc1)c1ccc(ON([O-])OC)cc1. The second kappa shape index (κ2) is 7.30. The lowest BCUT2D eigenvalue weighted by Crippen LogP contribution is -2.38. The maximum absolute atomic E-state index is 11.0. The number of benzene rings is 2. The van der Waals surface area contributed by atoms with Crippen LogP contribution in [0, 0.1) is 17.7 Å². The molecule has 0 amide bonds. The van der Waals surface area contributed by atoms with Crippen molar-refractivity contribution in [3.63, 3.8) is 0 Å². The third-order valence-corrected chi connectivity index (χ3v) is 3.60. The molecule has 23 heavy (non-hydrogen) atoms. The van der Waals surface area contributed by atoms with Crippen LogP contribution in [0.1, 0.15) is 16.7 Å². The molecule has 2 rings (SSSR count). The number of hydrogen-bond acceptors (Lipinski definition) is 7. The largest absolute Gasteiger partial charge is 0.728 e. The summed E-state index contributed by atoms with van der Waals surface area (Å²) in [5.41, 5.74) is 9.41. The summed E-state index contributed by atoms with van der Waals surface area (Å²) in [4.78, 5) is 9.25. The third kappa shape index (κ3) is 3.54. The lowest BCUT2D eigenvalue weighted by molar-refractivity contribution is -0.265. The normalized spacial score (nSPS) is 13.6. The lowest BCUT2D eigenvalue weighted by atomic mass is 9.91. The van der Waals surface area contributed by atoms with Crippen molar-refractivity contribution >= 4 is 0 Å². The Hall–Kier alpha value is -2.32. The zero-order valence-corrected chi connectivity index (χ0v) is 13.2. The number of aryl methyl sites for hydroxylation is 1. The van der Waals surface area contributed by atoms with E-state index in [-0.39, 0.29) is 5.39 Å². The fourth-order valence-electron chi connectivity index (χ4n) is 2.32. The van der Waals surface area contributed by atoms with Gasteiger partial charge in [-0.3, -0.25) is 10.2 Å². The summed E-state index contributed by atoms with van der Waals surface area (Å²) in [5.74, 6) is 0.324. The van der Waals surface area contributed by atoms with Crippen LogP contribution in [-0.2, 0) is 10.5 Å². The first-order valence-corrected chi connectivity index (χ1v) is 7.00. The standard InChI is InChI=1S/C16H19N4O3/c1-12-4-6-13(7-5-12)16(18-2,19-17)14-8-10-15(11-9-14)23-20(21)22-3/h4-11,17-18H,1-3H3/q-1. The zero-order chi connectivity index (χ0) is 16.9. The van der Waals surface area contributed by atoms with E-state index >= 15 is 0 Å².